The van der Waals surface area contributed by atoms with Crippen LogP contribution in [0.3, 0.4) is 0 Å². The van der Waals surface area contributed by atoms with Crippen molar-refractivity contribution >= 4 is 39.1 Å². The zero-order chi connectivity index (χ0) is 32.1. The van der Waals surface area contributed by atoms with Crippen LogP contribution in [0, 0.1) is 5.92 Å². The lowest BCUT2D eigenvalue weighted by Crippen LogP contribution is -2.19. The highest BCUT2D eigenvalue weighted by molar-refractivity contribution is 5.97. The summed E-state index contributed by atoms with van der Waals surface area (Å²) in [5.41, 5.74) is 10.9. The molecule has 0 heterocycles. The minimum atomic E-state index is 0.429. The summed E-state index contributed by atoms with van der Waals surface area (Å²) in [6, 6.07) is 45.7. The Kier molecular flexibility index (Phi) is 8.29. The third-order valence-corrected chi connectivity index (χ3v) is 9.44. The minimum absolute atomic E-state index is 0.429. The molecule has 0 aromatic heterocycles. The van der Waals surface area contributed by atoms with Gasteiger partial charge in [-0.05, 0) is 96.0 Å². The van der Waals surface area contributed by atoms with Crippen molar-refractivity contribution in [3.05, 3.63) is 211 Å². The van der Waals surface area contributed by atoms with E-state index < -0.39 is 0 Å². The number of nitrogens with zero attached hydrogens (tertiary/aromatic N) is 2. The molecule has 0 aliphatic heterocycles. The molecule has 0 bridgehead atoms. The first kappa shape index (κ1) is 29.5. The Hall–Kier alpha value is -5.86. The molecule has 0 fully saturated rings. The summed E-state index contributed by atoms with van der Waals surface area (Å²) in [6.45, 7) is 0. The summed E-state index contributed by atoms with van der Waals surface area (Å²) in [7, 11) is 0. The van der Waals surface area contributed by atoms with Crippen LogP contribution in [0.25, 0.3) is 16.3 Å². The Labute approximate surface area is 284 Å². The van der Waals surface area contributed by atoms with Gasteiger partial charge in [0.15, 0.2) is 0 Å². The number of fused-ring (bicyclic) bond motifs is 2. The van der Waals surface area contributed by atoms with Crippen molar-refractivity contribution in [2.75, 3.05) is 9.80 Å². The fourth-order valence-electron chi connectivity index (χ4n) is 7.10. The fraction of sp³-hybridized carbons (Fsp3) is 0.0870. The zero-order valence-electron chi connectivity index (χ0n) is 27.0. The smallest absolute Gasteiger partial charge is 0.0539 e. The molecule has 0 N–H and O–H groups in total. The predicted molar refractivity (Wildman–Crippen MR) is 205 cm³/mol. The van der Waals surface area contributed by atoms with Gasteiger partial charge in [-0.2, -0.15) is 0 Å². The highest BCUT2D eigenvalue weighted by Gasteiger charge is 2.23. The highest BCUT2D eigenvalue weighted by atomic mass is 15.2. The average Bonchev–Trinajstić information content (AvgIpc) is 3.53. The standard InChI is InChI=1S/C46H38N2/c1-3-20-39(21-4-1)47(46-28-14-19-38-16-8-11-26-44(38)46)41-24-13-18-35(29-32-41)36-30-33-42(34-31-36)48(40-22-5-2-6-23-40)45-27-12-9-17-37-15-7-10-25-43(37)45/h1-8,10-12,14-16,18-34,37H,9,13,17H2. The second kappa shape index (κ2) is 13.5. The lowest BCUT2D eigenvalue weighted by Gasteiger charge is -2.30. The average molecular weight is 619 g/mol. The molecule has 3 aliphatic rings. The Bertz CT molecular complexity index is 2140. The fourth-order valence-corrected chi connectivity index (χ4v) is 7.10. The van der Waals surface area contributed by atoms with Gasteiger partial charge in [-0.1, -0.05) is 134 Å². The lowest BCUT2D eigenvalue weighted by molar-refractivity contribution is 0.695. The number of anilines is 4. The van der Waals surface area contributed by atoms with Crippen molar-refractivity contribution in [2.24, 2.45) is 5.92 Å². The molecule has 2 heteroatoms. The molecule has 3 aliphatic carbocycles. The quantitative estimate of drug-likeness (QED) is 0.179. The molecular weight excluding hydrogens is 581 g/mol. The van der Waals surface area contributed by atoms with Gasteiger partial charge in [-0.25, -0.2) is 0 Å². The number of benzene rings is 5. The molecule has 0 saturated carbocycles. The molecule has 0 spiro atoms. The molecule has 5 aromatic carbocycles. The molecule has 1 atom stereocenters. The van der Waals surface area contributed by atoms with Crippen LogP contribution in [0.15, 0.2) is 205 Å². The van der Waals surface area contributed by atoms with Gasteiger partial charge in [0.2, 0.25) is 0 Å². The maximum absolute atomic E-state index is 2.41. The van der Waals surface area contributed by atoms with E-state index in [2.05, 4.69) is 198 Å². The zero-order valence-corrected chi connectivity index (χ0v) is 27.0. The molecule has 1 unspecified atom stereocenters. The van der Waals surface area contributed by atoms with Crippen molar-refractivity contribution < 1.29 is 0 Å². The number of rotatable bonds is 7. The van der Waals surface area contributed by atoms with Crippen molar-refractivity contribution in [3.63, 3.8) is 0 Å². The Balaban J connectivity index is 1.13. The molecule has 8 rings (SSSR count). The minimum Gasteiger partial charge on any atom is -0.310 e. The van der Waals surface area contributed by atoms with Crippen LogP contribution >= 0.6 is 0 Å². The first-order valence-electron chi connectivity index (χ1n) is 17.0. The van der Waals surface area contributed by atoms with E-state index in [9.17, 15) is 0 Å². The van der Waals surface area contributed by atoms with Crippen LogP contribution in [0.5, 0.6) is 0 Å². The molecule has 0 amide bonds. The van der Waals surface area contributed by atoms with Crippen molar-refractivity contribution in [1.82, 2.24) is 0 Å². The summed E-state index contributed by atoms with van der Waals surface area (Å²) in [6.07, 6.45) is 25.9. The predicted octanol–water partition coefficient (Wildman–Crippen LogP) is 12.4. The van der Waals surface area contributed by atoms with E-state index in [0.717, 1.165) is 42.0 Å². The van der Waals surface area contributed by atoms with E-state index >= 15 is 0 Å². The number of hydrogen-bond donors (Lipinski definition) is 0. The summed E-state index contributed by atoms with van der Waals surface area (Å²) >= 11 is 0. The van der Waals surface area contributed by atoms with Gasteiger partial charge in [0.05, 0.1) is 5.69 Å². The largest absolute Gasteiger partial charge is 0.310 e. The molecule has 48 heavy (non-hydrogen) atoms. The third kappa shape index (κ3) is 5.89. The Morgan fingerprint density at radius 1 is 0.542 bits per heavy atom. The summed E-state index contributed by atoms with van der Waals surface area (Å²) in [5, 5.41) is 2.47. The molecule has 0 radical (unpaired) electrons. The van der Waals surface area contributed by atoms with E-state index in [1.807, 2.05) is 0 Å². The number of allylic oxidation sites excluding steroid dienone is 12. The van der Waals surface area contributed by atoms with Crippen LogP contribution in [-0.4, -0.2) is 0 Å². The summed E-state index contributed by atoms with van der Waals surface area (Å²) in [4.78, 5) is 4.80. The van der Waals surface area contributed by atoms with Gasteiger partial charge in [0, 0.05) is 39.8 Å². The topological polar surface area (TPSA) is 6.48 Å². The summed E-state index contributed by atoms with van der Waals surface area (Å²) in [5.74, 6) is 0.429. The van der Waals surface area contributed by atoms with Gasteiger partial charge < -0.3 is 9.80 Å². The van der Waals surface area contributed by atoms with Crippen molar-refractivity contribution in [2.45, 2.75) is 19.3 Å². The third-order valence-electron chi connectivity index (χ3n) is 9.44. The highest BCUT2D eigenvalue weighted by Crippen LogP contribution is 2.40. The Morgan fingerprint density at radius 3 is 2.06 bits per heavy atom. The number of para-hydroxylation sites is 2. The van der Waals surface area contributed by atoms with Gasteiger partial charge in [-0.15, -0.1) is 0 Å². The van der Waals surface area contributed by atoms with Gasteiger partial charge in [-0.3, -0.25) is 0 Å². The monoisotopic (exact) mass is 618 g/mol. The van der Waals surface area contributed by atoms with Crippen LogP contribution < -0.4 is 9.80 Å². The van der Waals surface area contributed by atoms with Crippen LogP contribution in [0.2, 0.25) is 0 Å². The second-order valence-corrected chi connectivity index (χ2v) is 12.4. The van der Waals surface area contributed by atoms with E-state index in [1.54, 1.807) is 0 Å². The van der Waals surface area contributed by atoms with Crippen molar-refractivity contribution in [3.8, 4) is 0 Å². The molecule has 232 valence electrons. The molecule has 2 nitrogen and oxygen atoms in total. The van der Waals surface area contributed by atoms with Crippen LogP contribution in [0.1, 0.15) is 24.8 Å². The van der Waals surface area contributed by atoms with Crippen molar-refractivity contribution in [1.29, 1.82) is 0 Å². The molecule has 5 aromatic rings. The Morgan fingerprint density at radius 2 is 1.25 bits per heavy atom. The SMILES string of the molecule is C1=CC2=C(N(c3ccccc3)c3ccc(C4=CCC=C(N(c5ccccc5)c5cccc6ccccc56)C=C4)cc3)C=CCCC2C=C1. The number of hydrogen-bond acceptors (Lipinski definition) is 2. The maximum atomic E-state index is 2.41. The second-order valence-electron chi connectivity index (χ2n) is 12.4. The molecule has 0 saturated heterocycles. The van der Waals surface area contributed by atoms with Gasteiger partial charge >= 0.3 is 0 Å². The molecular formula is C46H38N2. The lowest BCUT2D eigenvalue weighted by atomic mass is 9.90. The maximum Gasteiger partial charge on any atom is 0.0539 e. The van der Waals surface area contributed by atoms with E-state index in [4.69, 9.17) is 0 Å². The normalized spacial score (nSPS) is 17.0. The van der Waals surface area contributed by atoms with Gasteiger partial charge in [0.1, 0.15) is 0 Å². The first-order chi connectivity index (χ1) is 23.8. The van der Waals surface area contributed by atoms with Crippen LogP contribution in [0.4, 0.5) is 22.7 Å². The van der Waals surface area contributed by atoms with E-state index in [1.165, 1.54) is 38.9 Å². The van der Waals surface area contributed by atoms with E-state index in [0.29, 0.717) is 5.92 Å². The van der Waals surface area contributed by atoms with Gasteiger partial charge in [0.25, 0.3) is 0 Å². The summed E-state index contributed by atoms with van der Waals surface area (Å²) < 4.78 is 0. The van der Waals surface area contributed by atoms with Crippen LogP contribution in [-0.2, 0) is 0 Å². The van der Waals surface area contributed by atoms with E-state index in [-0.39, 0.29) is 0 Å². The first-order valence-corrected chi connectivity index (χ1v) is 17.0.